The largest absolute Gasteiger partial charge is 0.507 e. The second-order valence-corrected chi connectivity index (χ2v) is 4.85. The number of carbonyl (C=O) groups is 1. The summed E-state index contributed by atoms with van der Waals surface area (Å²) >= 11 is 6.12. The van der Waals surface area contributed by atoms with Crippen LogP contribution in [0.4, 0.5) is 0 Å². The molecule has 2 aromatic rings. The summed E-state index contributed by atoms with van der Waals surface area (Å²) in [5, 5.41) is 13.8. The summed E-state index contributed by atoms with van der Waals surface area (Å²) in [6.45, 7) is 0. The summed E-state index contributed by atoms with van der Waals surface area (Å²) in [4.78, 5) is 11.9. The maximum absolute atomic E-state index is 11.9. The number of nitrogens with one attached hydrogen (secondary N) is 1. The van der Waals surface area contributed by atoms with E-state index in [1.807, 2.05) is 0 Å². The lowest BCUT2D eigenvalue weighted by molar-refractivity contribution is 0.0952. The molecule has 0 heterocycles. The Morgan fingerprint density at radius 1 is 1.22 bits per heavy atom. The third-order valence-electron chi connectivity index (χ3n) is 3.02. The number of phenols is 1. The Hall–Kier alpha value is -2.73. The molecule has 0 radical (unpaired) electrons. The molecule has 1 amide bonds. The number of carbonyl (C=O) groups excluding carboxylic acids is 1. The van der Waals surface area contributed by atoms with E-state index in [9.17, 15) is 9.90 Å². The molecule has 0 saturated heterocycles. The molecule has 0 spiro atoms. The van der Waals surface area contributed by atoms with Crippen molar-refractivity contribution < 1.29 is 19.4 Å². The molecule has 2 N–H and O–H groups in total. The van der Waals surface area contributed by atoms with Crippen molar-refractivity contribution >= 4 is 23.7 Å². The average Bonchev–Trinajstić information content (AvgIpc) is 2.56. The third-order valence-corrected chi connectivity index (χ3v) is 3.35. The molecular formula is C16H15ClN2O4. The van der Waals surface area contributed by atoms with Crippen LogP contribution < -0.4 is 14.9 Å². The molecule has 0 bridgehead atoms. The number of ether oxygens (including phenoxy) is 2. The Morgan fingerprint density at radius 3 is 2.52 bits per heavy atom. The van der Waals surface area contributed by atoms with Crippen LogP contribution in [0, 0.1) is 0 Å². The van der Waals surface area contributed by atoms with Crippen LogP contribution in [0.5, 0.6) is 17.2 Å². The van der Waals surface area contributed by atoms with E-state index in [1.54, 1.807) is 24.3 Å². The Bertz CT molecular complexity index is 747. The van der Waals surface area contributed by atoms with Gasteiger partial charge < -0.3 is 14.6 Å². The fourth-order valence-corrected chi connectivity index (χ4v) is 2.06. The van der Waals surface area contributed by atoms with Gasteiger partial charge in [-0.05, 0) is 18.2 Å². The first kappa shape index (κ1) is 16.6. The van der Waals surface area contributed by atoms with Gasteiger partial charge in [0, 0.05) is 11.6 Å². The van der Waals surface area contributed by atoms with Gasteiger partial charge in [-0.25, -0.2) is 5.43 Å². The van der Waals surface area contributed by atoms with Gasteiger partial charge in [0.15, 0.2) is 11.5 Å². The highest BCUT2D eigenvalue weighted by Crippen LogP contribution is 2.32. The quantitative estimate of drug-likeness (QED) is 0.651. The average molecular weight is 335 g/mol. The molecule has 0 aromatic heterocycles. The molecule has 0 atom stereocenters. The van der Waals surface area contributed by atoms with Crippen LogP contribution >= 0.6 is 11.6 Å². The summed E-state index contributed by atoms with van der Waals surface area (Å²) in [5.41, 5.74) is 2.99. The summed E-state index contributed by atoms with van der Waals surface area (Å²) in [6.07, 6.45) is 1.38. The lowest BCUT2D eigenvalue weighted by Gasteiger charge is -2.09. The van der Waals surface area contributed by atoms with Crippen molar-refractivity contribution in [1.29, 1.82) is 0 Å². The number of hydrogen-bond acceptors (Lipinski definition) is 5. The Morgan fingerprint density at radius 2 is 1.87 bits per heavy atom. The molecule has 23 heavy (non-hydrogen) atoms. The summed E-state index contributed by atoms with van der Waals surface area (Å²) in [7, 11) is 3.02. The number of amides is 1. The molecule has 0 aliphatic rings. The minimum Gasteiger partial charge on any atom is -0.507 e. The smallest absolute Gasteiger partial charge is 0.275 e. The Labute approximate surface area is 138 Å². The molecule has 6 nitrogen and oxygen atoms in total. The van der Waals surface area contributed by atoms with Crippen molar-refractivity contribution in [2.24, 2.45) is 5.10 Å². The molecule has 120 valence electrons. The van der Waals surface area contributed by atoms with Crippen LogP contribution in [0.1, 0.15) is 15.9 Å². The van der Waals surface area contributed by atoms with E-state index < -0.39 is 5.91 Å². The molecule has 7 heteroatoms. The standard InChI is InChI=1S/C16H15ClN2O4/c1-22-14-7-10(12(17)8-15(14)23-2)9-18-19-16(21)11-5-3-4-6-13(11)20/h3-9,20H,1-2H3,(H,19,21)/b18-9-. The molecule has 2 aromatic carbocycles. The van der Waals surface area contributed by atoms with Gasteiger partial charge >= 0.3 is 0 Å². The van der Waals surface area contributed by atoms with Crippen LogP contribution in [0.15, 0.2) is 41.5 Å². The normalized spacial score (nSPS) is 10.6. The zero-order chi connectivity index (χ0) is 16.8. The van der Waals surface area contributed by atoms with Crippen molar-refractivity contribution in [3.8, 4) is 17.2 Å². The Balaban J connectivity index is 2.15. The third kappa shape index (κ3) is 3.92. The highest BCUT2D eigenvalue weighted by Gasteiger charge is 2.10. The van der Waals surface area contributed by atoms with Gasteiger partial charge in [-0.15, -0.1) is 0 Å². The van der Waals surface area contributed by atoms with Gasteiger partial charge in [0.1, 0.15) is 5.75 Å². The highest BCUT2D eigenvalue weighted by molar-refractivity contribution is 6.33. The van der Waals surface area contributed by atoms with Gasteiger partial charge in [0.05, 0.1) is 31.0 Å². The lowest BCUT2D eigenvalue weighted by atomic mass is 10.2. The van der Waals surface area contributed by atoms with Crippen LogP contribution in [-0.4, -0.2) is 31.4 Å². The molecule has 2 rings (SSSR count). The monoisotopic (exact) mass is 334 g/mol. The molecule has 0 aliphatic heterocycles. The minimum atomic E-state index is -0.532. The number of para-hydroxylation sites is 1. The summed E-state index contributed by atoms with van der Waals surface area (Å²) in [5.74, 6) is 0.332. The maximum Gasteiger partial charge on any atom is 0.275 e. The molecule has 0 fully saturated rings. The number of halogens is 1. The number of hydrazone groups is 1. The molecule has 0 unspecified atom stereocenters. The Kier molecular flexibility index (Phi) is 5.43. The topological polar surface area (TPSA) is 80.2 Å². The second-order valence-electron chi connectivity index (χ2n) is 4.44. The van der Waals surface area contributed by atoms with Crippen molar-refractivity contribution in [2.45, 2.75) is 0 Å². The van der Waals surface area contributed by atoms with Crippen LogP contribution in [0.3, 0.4) is 0 Å². The van der Waals surface area contributed by atoms with Crippen molar-refractivity contribution in [2.75, 3.05) is 14.2 Å². The van der Waals surface area contributed by atoms with Gasteiger partial charge in [0.2, 0.25) is 0 Å². The van der Waals surface area contributed by atoms with Crippen LogP contribution in [0.2, 0.25) is 5.02 Å². The van der Waals surface area contributed by atoms with E-state index in [2.05, 4.69) is 10.5 Å². The molecule has 0 saturated carbocycles. The number of rotatable bonds is 5. The van der Waals surface area contributed by atoms with Gasteiger partial charge in [-0.2, -0.15) is 5.10 Å². The summed E-state index contributed by atoms with van der Waals surface area (Å²) < 4.78 is 10.3. The van der Waals surface area contributed by atoms with Gasteiger partial charge in [-0.1, -0.05) is 23.7 Å². The van der Waals surface area contributed by atoms with Gasteiger partial charge in [-0.3, -0.25) is 4.79 Å². The van der Waals surface area contributed by atoms with E-state index in [0.717, 1.165) is 0 Å². The number of methoxy groups -OCH3 is 2. The molecule has 0 aliphatic carbocycles. The predicted octanol–water partition coefficient (Wildman–Crippen LogP) is 2.83. The zero-order valence-electron chi connectivity index (χ0n) is 12.5. The van der Waals surface area contributed by atoms with E-state index in [4.69, 9.17) is 21.1 Å². The number of nitrogens with zero attached hydrogens (tertiary/aromatic N) is 1. The molecular weight excluding hydrogens is 320 g/mol. The van der Waals surface area contributed by atoms with Crippen molar-refractivity contribution in [3.05, 3.63) is 52.5 Å². The number of aromatic hydroxyl groups is 1. The predicted molar refractivity (Wildman–Crippen MR) is 87.7 cm³/mol. The van der Waals surface area contributed by atoms with Crippen LogP contribution in [0.25, 0.3) is 0 Å². The fraction of sp³-hybridized carbons (Fsp3) is 0.125. The SMILES string of the molecule is COc1cc(Cl)c(/C=N\NC(=O)c2ccccc2O)cc1OC. The number of hydrogen-bond donors (Lipinski definition) is 2. The second kappa shape index (κ2) is 7.51. The van der Waals surface area contributed by atoms with Gasteiger partial charge in [0.25, 0.3) is 5.91 Å². The van der Waals surface area contributed by atoms with E-state index in [1.165, 1.54) is 32.6 Å². The first-order chi connectivity index (χ1) is 11.1. The summed E-state index contributed by atoms with van der Waals surface area (Å²) in [6, 6.07) is 9.40. The zero-order valence-corrected chi connectivity index (χ0v) is 13.3. The van der Waals surface area contributed by atoms with E-state index >= 15 is 0 Å². The first-order valence-electron chi connectivity index (χ1n) is 6.59. The van der Waals surface area contributed by atoms with Crippen LogP contribution in [-0.2, 0) is 0 Å². The number of benzene rings is 2. The highest BCUT2D eigenvalue weighted by atomic mass is 35.5. The van der Waals surface area contributed by atoms with Crippen molar-refractivity contribution in [1.82, 2.24) is 5.43 Å². The fourth-order valence-electron chi connectivity index (χ4n) is 1.86. The maximum atomic E-state index is 11.9. The van der Waals surface area contributed by atoms with Crippen molar-refractivity contribution in [3.63, 3.8) is 0 Å². The number of phenolic OH excluding ortho intramolecular Hbond substituents is 1. The van der Waals surface area contributed by atoms with E-state index in [0.29, 0.717) is 22.1 Å². The first-order valence-corrected chi connectivity index (χ1v) is 6.97. The van der Waals surface area contributed by atoms with E-state index in [-0.39, 0.29) is 11.3 Å². The lowest BCUT2D eigenvalue weighted by Crippen LogP contribution is -2.17. The minimum absolute atomic E-state index is 0.121.